The second-order valence-electron chi connectivity index (χ2n) is 4.88. The molecule has 1 aliphatic heterocycles. The Bertz CT molecular complexity index is 767. The summed E-state index contributed by atoms with van der Waals surface area (Å²) in [6, 6.07) is 6.36. The summed E-state index contributed by atoms with van der Waals surface area (Å²) < 4.78 is 49.3. The van der Waals surface area contributed by atoms with E-state index < -0.39 is 20.0 Å². The average molecular weight is 378 g/mol. The van der Waals surface area contributed by atoms with E-state index in [9.17, 15) is 16.8 Å². The van der Waals surface area contributed by atoms with Gasteiger partial charge in [-0.05, 0) is 26.0 Å². The highest BCUT2D eigenvalue weighted by atomic mass is 32.3. The number of hydrogen-bond donors (Lipinski definition) is 0. The molecule has 0 aliphatic carbocycles. The Morgan fingerprint density at radius 1 is 1.09 bits per heavy atom. The zero-order chi connectivity index (χ0) is 17.3. The van der Waals surface area contributed by atoms with Crippen LogP contribution in [0.25, 0.3) is 0 Å². The lowest BCUT2D eigenvalue weighted by atomic mass is 10.2. The van der Waals surface area contributed by atoms with Crippen molar-refractivity contribution >= 4 is 42.5 Å². The predicted octanol–water partition coefficient (Wildman–Crippen LogP) is 1.49. The highest BCUT2D eigenvalue weighted by Crippen LogP contribution is 2.26. The van der Waals surface area contributed by atoms with Gasteiger partial charge in [-0.1, -0.05) is 23.9 Å². The Hall–Kier alpha value is -1.26. The minimum Gasteiger partial charge on any atom is -0.289 e. The number of rotatable bonds is 6. The van der Waals surface area contributed by atoms with Crippen LogP contribution in [-0.4, -0.2) is 51.3 Å². The molecule has 1 aromatic carbocycles. The van der Waals surface area contributed by atoms with Crippen molar-refractivity contribution in [2.45, 2.75) is 13.8 Å². The zero-order valence-corrected chi connectivity index (χ0v) is 15.6. The molecule has 0 atom stereocenters. The third-order valence-electron chi connectivity index (χ3n) is 3.21. The molecule has 0 bridgehead atoms. The van der Waals surface area contributed by atoms with Gasteiger partial charge in [0.1, 0.15) is 5.04 Å². The summed E-state index contributed by atoms with van der Waals surface area (Å²) in [6.07, 6.45) is 0. The van der Waals surface area contributed by atoms with Gasteiger partial charge in [0.05, 0.1) is 23.1 Å². The van der Waals surface area contributed by atoms with Crippen LogP contribution in [0.15, 0.2) is 29.4 Å². The average Bonchev–Trinajstić information content (AvgIpc) is 2.94. The molecule has 0 radical (unpaired) electrons. The summed E-state index contributed by atoms with van der Waals surface area (Å²) in [7, 11) is -5.99. The van der Waals surface area contributed by atoms with Gasteiger partial charge in [0.15, 0.2) is 0 Å². The number of benzene rings is 1. The molecule has 1 aliphatic rings. The van der Waals surface area contributed by atoms with E-state index in [2.05, 4.69) is 5.10 Å². The van der Waals surface area contributed by atoms with Crippen molar-refractivity contribution in [3.05, 3.63) is 29.8 Å². The van der Waals surface area contributed by atoms with Gasteiger partial charge in [0.25, 0.3) is 0 Å². The Kier molecular flexibility index (Phi) is 5.27. The molecule has 128 valence electrons. The third-order valence-corrected chi connectivity index (χ3v) is 8.56. The topological polar surface area (TPSA) is 87.1 Å². The van der Waals surface area contributed by atoms with Crippen molar-refractivity contribution in [2.24, 2.45) is 5.10 Å². The normalized spacial score (nSPS) is 15.6. The smallest absolute Gasteiger partial charge is 0.247 e. The molecule has 23 heavy (non-hydrogen) atoms. The lowest BCUT2D eigenvalue weighted by Gasteiger charge is -2.22. The minimum absolute atomic E-state index is 0.120. The number of sulfonamides is 2. The molecule has 1 heterocycles. The van der Waals surface area contributed by atoms with Crippen LogP contribution in [0.1, 0.15) is 19.4 Å². The first kappa shape index (κ1) is 18.1. The van der Waals surface area contributed by atoms with Gasteiger partial charge in [-0.3, -0.25) is 5.01 Å². The fourth-order valence-corrected chi connectivity index (χ4v) is 6.20. The van der Waals surface area contributed by atoms with Crippen molar-refractivity contribution in [1.82, 2.24) is 5.01 Å². The van der Waals surface area contributed by atoms with Crippen LogP contribution in [0.5, 0.6) is 0 Å². The van der Waals surface area contributed by atoms with Crippen molar-refractivity contribution in [3.63, 3.8) is 0 Å². The van der Waals surface area contributed by atoms with Crippen LogP contribution < -0.4 is 3.71 Å². The van der Waals surface area contributed by atoms with E-state index in [1.807, 2.05) is 7.05 Å². The van der Waals surface area contributed by atoms with Crippen LogP contribution in [0, 0.1) is 0 Å². The number of thioether (sulfide) groups is 1. The molecule has 0 unspecified atom stereocenters. The van der Waals surface area contributed by atoms with Gasteiger partial charge >= 0.3 is 0 Å². The molecule has 0 amide bonds. The van der Waals surface area contributed by atoms with E-state index in [0.717, 1.165) is 16.5 Å². The quantitative estimate of drug-likeness (QED) is 0.746. The molecular weight excluding hydrogens is 358 g/mol. The number of hydrazone groups is 1. The predicted molar refractivity (Wildman–Crippen MR) is 94.6 cm³/mol. The van der Waals surface area contributed by atoms with Gasteiger partial charge in [0, 0.05) is 12.6 Å². The maximum absolute atomic E-state index is 12.2. The van der Waals surface area contributed by atoms with Gasteiger partial charge in [0.2, 0.25) is 20.0 Å². The summed E-state index contributed by atoms with van der Waals surface area (Å²) in [5.74, 6) is 0.167. The van der Waals surface area contributed by atoms with Crippen LogP contribution >= 0.6 is 11.8 Å². The maximum Gasteiger partial charge on any atom is 0.247 e. The standard InChI is InChI=1S/C13H19N3O4S3/c1-4-22(17,18)16(23(19,20)5-2)12-8-6-11(7-9-12)13-14-15(3)10-21-13/h6-9H,4-5,10H2,1-3H3. The van der Waals surface area contributed by atoms with Gasteiger partial charge in [-0.2, -0.15) is 8.81 Å². The molecule has 0 aromatic heterocycles. The molecule has 0 fully saturated rings. The van der Waals surface area contributed by atoms with Gasteiger partial charge < -0.3 is 0 Å². The van der Waals surface area contributed by atoms with Crippen molar-refractivity contribution in [2.75, 3.05) is 28.1 Å². The zero-order valence-electron chi connectivity index (χ0n) is 13.1. The van der Waals surface area contributed by atoms with Crippen molar-refractivity contribution < 1.29 is 16.8 Å². The molecule has 7 nitrogen and oxygen atoms in total. The molecule has 0 spiro atoms. The van der Waals surface area contributed by atoms with E-state index >= 15 is 0 Å². The minimum atomic E-state index is -3.92. The summed E-state index contributed by atoms with van der Waals surface area (Å²) in [6.45, 7) is 2.84. The van der Waals surface area contributed by atoms with E-state index in [-0.39, 0.29) is 17.2 Å². The lowest BCUT2D eigenvalue weighted by Crippen LogP contribution is -2.39. The molecule has 0 N–H and O–H groups in total. The first-order valence-electron chi connectivity index (χ1n) is 7.00. The highest BCUT2D eigenvalue weighted by molar-refractivity contribution is 8.14. The molecular formula is C13H19N3O4S3. The lowest BCUT2D eigenvalue weighted by molar-refractivity contribution is 0.430. The Labute approximate surface area is 141 Å². The first-order valence-corrected chi connectivity index (χ1v) is 11.2. The fourth-order valence-electron chi connectivity index (χ4n) is 1.96. The summed E-state index contributed by atoms with van der Waals surface area (Å²) in [5.41, 5.74) is 0.945. The van der Waals surface area contributed by atoms with Gasteiger partial charge in [-0.15, -0.1) is 0 Å². The second kappa shape index (κ2) is 6.70. The van der Waals surface area contributed by atoms with E-state index in [0.29, 0.717) is 3.71 Å². The number of nitrogens with zero attached hydrogens (tertiary/aromatic N) is 3. The second-order valence-corrected chi connectivity index (χ2v) is 10.3. The van der Waals surface area contributed by atoms with Crippen LogP contribution in [0.3, 0.4) is 0 Å². The summed E-state index contributed by atoms with van der Waals surface area (Å²) >= 11 is 1.56. The fraction of sp³-hybridized carbons (Fsp3) is 0.462. The highest BCUT2D eigenvalue weighted by Gasteiger charge is 2.31. The molecule has 10 heteroatoms. The van der Waals surface area contributed by atoms with Crippen LogP contribution in [-0.2, 0) is 20.0 Å². The van der Waals surface area contributed by atoms with E-state index in [1.54, 1.807) is 28.9 Å². The molecule has 0 saturated heterocycles. The Morgan fingerprint density at radius 2 is 1.61 bits per heavy atom. The molecule has 0 saturated carbocycles. The number of anilines is 1. The van der Waals surface area contributed by atoms with E-state index in [1.165, 1.54) is 26.0 Å². The van der Waals surface area contributed by atoms with Crippen LogP contribution in [0.4, 0.5) is 5.69 Å². The molecule has 1 aromatic rings. The Morgan fingerprint density at radius 3 is 2.00 bits per heavy atom. The largest absolute Gasteiger partial charge is 0.289 e. The summed E-state index contributed by atoms with van der Waals surface area (Å²) in [4.78, 5) is 0. The summed E-state index contributed by atoms with van der Waals surface area (Å²) in [5, 5.41) is 6.94. The molecule has 2 rings (SSSR count). The van der Waals surface area contributed by atoms with E-state index in [4.69, 9.17) is 0 Å². The van der Waals surface area contributed by atoms with Crippen molar-refractivity contribution in [3.8, 4) is 0 Å². The van der Waals surface area contributed by atoms with Gasteiger partial charge in [-0.25, -0.2) is 16.8 Å². The number of hydrogen-bond acceptors (Lipinski definition) is 7. The first-order chi connectivity index (χ1) is 10.7. The SMILES string of the molecule is CCS(=O)(=O)N(c1ccc(C2=NN(C)CS2)cc1)S(=O)(=O)CC. The van der Waals surface area contributed by atoms with Crippen LogP contribution in [0.2, 0.25) is 0 Å². The monoisotopic (exact) mass is 377 g/mol. The maximum atomic E-state index is 12.2. The Balaban J connectivity index is 2.44. The third kappa shape index (κ3) is 3.81. The van der Waals surface area contributed by atoms with Crippen molar-refractivity contribution in [1.29, 1.82) is 0 Å².